The summed E-state index contributed by atoms with van der Waals surface area (Å²) in [7, 11) is 0. The van der Waals surface area contributed by atoms with Gasteiger partial charge < -0.3 is 15.6 Å². The molecule has 4 heteroatoms. The van der Waals surface area contributed by atoms with Crippen LogP contribution in [0.2, 0.25) is 0 Å². The quantitative estimate of drug-likeness (QED) is 0.296. The standard InChI is InChI=1S/C5H9NO2.Na/c1-3(2)4(6)5(7)8;/h6H2,1-2H3,(H,7,8);/q;+1/p-1. The minimum absolute atomic E-state index is 0. The summed E-state index contributed by atoms with van der Waals surface area (Å²) in [5.74, 6) is -1.30. The number of carbonyl (C=O) groups is 1. The molecule has 0 bridgehead atoms. The zero-order valence-electron chi connectivity index (χ0n) is 5.89. The van der Waals surface area contributed by atoms with Crippen molar-refractivity contribution in [3.05, 3.63) is 11.3 Å². The third kappa shape index (κ3) is 4.51. The summed E-state index contributed by atoms with van der Waals surface area (Å²) in [6, 6.07) is 0. The molecule has 0 atom stereocenters. The third-order valence-electron chi connectivity index (χ3n) is 0.759. The second-order valence-electron chi connectivity index (χ2n) is 1.70. The van der Waals surface area contributed by atoms with Crippen LogP contribution in [0, 0.1) is 0 Å². The van der Waals surface area contributed by atoms with E-state index in [2.05, 4.69) is 0 Å². The molecule has 0 aromatic carbocycles. The van der Waals surface area contributed by atoms with Gasteiger partial charge in [-0.3, -0.25) is 0 Å². The van der Waals surface area contributed by atoms with Gasteiger partial charge in [0.2, 0.25) is 0 Å². The van der Waals surface area contributed by atoms with Crippen molar-refractivity contribution in [2.24, 2.45) is 5.73 Å². The Morgan fingerprint density at radius 2 is 1.78 bits per heavy atom. The Labute approximate surface area is 76.2 Å². The van der Waals surface area contributed by atoms with E-state index in [1.807, 2.05) is 0 Å². The largest absolute Gasteiger partial charge is 1.00 e. The second-order valence-corrected chi connectivity index (χ2v) is 1.70. The first-order valence-corrected chi connectivity index (χ1v) is 2.20. The molecule has 0 spiro atoms. The normalized spacial score (nSPS) is 7.33. The van der Waals surface area contributed by atoms with Crippen molar-refractivity contribution in [2.45, 2.75) is 13.8 Å². The molecule has 0 amide bonds. The van der Waals surface area contributed by atoms with Gasteiger partial charge in [0.15, 0.2) is 0 Å². The molecule has 46 valence electrons. The molecule has 0 rings (SSSR count). The predicted molar refractivity (Wildman–Crippen MR) is 27.6 cm³/mol. The van der Waals surface area contributed by atoms with Crippen molar-refractivity contribution in [3.8, 4) is 0 Å². The SMILES string of the molecule is CC(C)=C(N)C(=O)[O-].[Na+]. The molecule has 0 aromatic rings. The van der Waals surface area contributed by atoms with Crippen LogP contribution < -0.4 is 40.4 Å². The smallest absolute Gasteiger partial charge is 0.543 e. The second kappa shape index (κ2) is 4.85. The number of carbonyl (C=O) groups excluding carboxylic acids is 1. The Morgan fingerprint density at radius 3 is 1.78 bits per heavy atom. The van der Waals surface area contributed by atoms with E-state index < -0.39 is 5.97 Å². The number of carboxylic acids is 1. The van der Waals surface area contributed by atoms with E-state index in [1.165, 1.54) is 0 Å². The molecule has 0 aliphatic carbocycles. The van der Waals surface area contributed by atoms with E-state index in [0.717, 1.165) is 0 Å². The van der Waals surface area contributed by atoms with Gasteiger partial charge in [-0.15, -0.1) is 0 Å². The van der Waals surface area contributed by atoms with E-state index in [4.69, 9.17) is 5.73 Å². The van der Waals surface area contributed by atoms with Gasteiger partial charge in [-0.1, -0.05) is 5.57 Å². The third-order valence-corrected chi connectivity index (χ3v) is 0.759. The monoisotopic (exact) mass is 137 g/mol. The minimum Gasteiger partial charge on any atom is -0.543 e. The van der Waals surface area contributed by atoms with Crippen molar-refractivity contribution >= 4 is 5.97 Å². The molecule has 0 unspecified atom stereocenters. The van der Waals surface area contributed by atoms with Gasteiger partial charge in [0.05, 0.1) is 11.7 Å². The Morgan fingerprint density at radius 1 is 1.44 bits per heavy atom. The molecule has 0 saturated carbocycles. The molecule has 9 heavy (non-hydrogen) atoms. The van der Waals surface area contributed by atoms with E-state index in [9.17, 15) is 9.90 Å². The van der Waals surface area contributed by atoms with Crippen LogP contribution in [0.15, 0.2) is 11.3 Å². The summed E-state index contributed by atoms with van der Waals surface area (Å²) < 4.78 is 0. The summed E-state index contributed by atoms with van der Waals surface area (Å²) >= 11 is 0. The van der Waals surface area contributed by atoms with E-state index in [0.29, 0.717) is 5.57 Å². The summed E-state index contributed by atoms with van der Waals surface area (Å²) in [6.45, 7) is 3.23. The van der Waals surface area contributed by atoms with Crippen LogP contribution in [-0.4, -0.2) is 5.97 Å². The average molecular weight is 137 g/mol. The number of hydrogen-bond acceptors (Lipinski definition) is 3. The van der Waals surface area contributed by atoms with Gasteiger partial charge in [0, 0.05) is 0 Å². The predicted octanol–water partition coefficient (Wildman–Crippen LogP) is -4.01. The van der Waals surface area contributed by atoms with Gasteiger partial charge in [0.25, 0.3) is 0 Å². The van der Waals surface area contributed by atoms with Crippen molar-refractivity contribution in [2.75, 3.05) is 0 Å². The van der Waals surface area contributed by atoms with Crippen molar-refractivity contribution in [1.82, 2.24) is 0 Å². The number of aliphatic carboxylic acids is 1. The van der Waals surface area contributed by atoms with Gasteiger partial charge in [-0.05, 0) is 13.8 Å². The van der Waals surface area contributed by atoms with Crippen LogP contribution in [0.5, 0.6) is 0 Å². The maximum Gasteiger partial charge on any atom is 1.00 e. The van der Waals surface area contributed by atoms with Gasteiger partial charge in [-0.2, -0.15) is 0 Å². The molecule has 0 fully saturated rings. The molecule has 0 radical (unpaired) electrons. The number of rotatable bonds is 1. The number of carboxylic acid groups (broad SMARTS) is 1. The maximum atomic E-state index is 9.85. The first kappa shape index (κ1) is 11.8. The first-order valence-electron chi connectivity index (χ1n) is 2.20. The molecular weight excluding hydrogens is 129 g/mol. The zero-order chi connectivity index (χ0) is 6.73. The van der Waals surface area contributed by atoms with Crippen molar-refractivity contribution < 1.29 is 39.5 Å². The molecule has 3 nitrogen and oxygen atoms in total. The first-order chi connectivity index (χ1) is 3.55. The maximum absolute atomic E-state index is 9.85. The molecular formula is C5H8NNaO2. The molecule has 2 N–H and O–H groups in total. The Balaban J connectivity index is 0. The molecule has 0 aromatic heterocycles. The van der Waals surface area contributed by atoms with Crippen molar-refractivity contribution in [3.63, 3.8) is 0 Å². The van der Waals surface area contributed by atoms with E-state index >= 15 is 0 Å². The number of nitrogens with two attached hydrogens (primary N) is 1. The van der Waals surface area contributed by atoms with Gasteiger partial charge in [0.1, 0.15) is 0 Å². The number of hydrogen-bond donors (Lipinski definition) is 1. The molecule has 0 saturated heterocycles. The molecule has 0 heterocycles. The summed E-state index contributed by atoms with van der Waals surface area (Å²) in [6.07, 6.45) is 0. The fraction of sp³-hybridized carbons (Fsp3) is 0.400. The Bertz CT molecular complexity index is 138. The van der Waals surface area contributed by atoms with Gasteiger partial charge >= 0.3 is 29.6 Å². The van der Waals surface area contributed by atoms with Crippen molar-refractivity contribution in [1.29, 1.82) is 0 Å². The summed E-state index contributed by atoms with van der Waals surface area (Å²) in [4.78, 5) is 9.85. The topological polar surface area (TPSA) is 66.2 Å². The minimum atomic E-state index is -1.30. The van der Waals surface area contributed by atoms with Crippen LogP contribution in [0.4, 0.5) is 0 Å². The fourth-order valence-corrected chi connectivity index (χ4v) is 0.204. The molecule has 0 aliphatic heterocycles. The summed E-state index contributed by atoms with van der Waals surface area (Å²) in [5, 5.41) is 9.85. The van der Waals surface area contributed by atoms with E-state index in [-0.39, 0.29) is 35.3 Å². The van der Waals surface area contributed by atoms with Gasteiger partial charge in [-0.25, -0.2) is 0 Å². The van der Waals surface area contributed by atoms with E-state index in [1.54, 1.807) is 13.8 Å². The zero-order valence-corrected chi connectivity index (χ0v) is 7.89. The Kier molecular flexibility index (Phi) is 6.34. The van der Waals surface area contributed by atoms with Crippen LogP contribution in [0.25, 0.3) is 0 Å². The van der Waals surface area contributed by atoms with Crippen LogP contribution >= 0.6 is 0 Å². The average Bonchev–Trinajstić information content (AvgIpc) is 1.64. The van der Waals surface area contributed by atoms with Crippen LogP contribution in [-0.2, 0) is 4.79 Å². The fourth-order valence-electron chi connectivity index (χ4n) is 0.204. The van der Waals surface area contributed by atoms with Crippen LogP contribution in [0.1, 0.15) is 13.8 Å². The summed E-state index contributed by atoms with van der Waals surface area (Å²) in [5.41, 5.74) is 5.38. The van der Waals surface area contributed by atoms with Crippen LogP contribution in [0.3, 0.4) is 0 Å². The Hall–Kier alpha value is 0.0100. The number of allylic oxidation sites excluding steroid dienone is 1. The molecule has 0 aliphatic rings.